The highest BCUT2D eigenvalue weighted by molar-refractivity contribution is 5.69. The molecule has 2 aliphatic carbocycles. The molecule has 1 aliphatic heterocycles. The van der Waals surface area contributed by atoms with Crippen LogP contribution in [0.5, 0.6) is 0 Å². The van der Waals surface area contributed by atoms with E-state index < -0.39 is 5.97 Å². The Morgan fingerprint density at radius 2 is 2.07 bits per heavy atom. The van der Waals surface area contributed by atoms with Gasteiger partial charge in [-0.3, -0.25) is 14.7 Å². The van der Waals surface area contributed by atoms with E-state index >= 15 is 0 Å². The Bertz CT molecular complexity index is 853. The predicted octanol–water partition coefficient (Wildman–Crippen LogP) is 2.10. The van der Waals surface area contributed by atoms with Gasteiger partial charge in [0, 0.05) is 37.7 Å². The van der Waals surface area contributed by atoms with Crippen LogP contribution >= 0.6 is 0 Å². The first-order valence-corrected chi connectivity index (χ1v) is 10.5. The molecule has 5 rings (SSSR count). The van der Waals surface area contributed by atoms with E-state index in [4.69, 9.17) is 9.84 Å². The van der Waals surface area contributed by atoms with Gasteiger partial charge in [-0.15, -0.1) is 5.10 Å². The third kappa shape index (κ3) is 4.18. The Kier molecular flexibility index (Phi) is 5.05. The molecule has 4 atom stereocenters. The lowest BCUT2D eigenvalue weighted by atomic mass is 9.77. The number of pyridine rings is 1. The van der Waals surface area contributed by atoms with Crippen molar-refractivity contribution in [3.8, 4) is 11.3 Å². The minimum Gasteiger partial charge on any atom is -0.480 e. The topological polar surface area (TPSA) is 93.4 Å². The third-order valence-corrected chi connectivity index (χ3v) is 6.57. The number of carboxylic acids is 1. The molecule has 0 unspecified atom stereocenters. The normalized spacial score (nSPS) is 29.7. The Labute approximate surface area is 169 Å². The maximum absolute atomic E-state index is 11.1. The molecule has 0 amide bonds. The summed E-state index contributed by atoms with van der Waals surface area (Å²) < 4.78 is 8.35. The van der Waals surface area contributed by atoms with E-state index in [-0.39, 0.29) is 18.7 Å². The number of nitrogens with zero attached hydrogens (tertiary/aromatic N) is 5. The van der Waals surface area contributed by atoms with Crippen molar-refractivity contribution >= 4 is 5.97 Å². The second-order valence-electron chi connectivity index (χ2n) is 8.79. The summed E-state index contributed by atoms with van der Waals surface area (Å²) >= 11 is 0. The molecule has 2 aromatic heterocycles. The number of aliphatic carboxylic acids is 1. The lowest BCUT2D eigenvalue weighted by molar-refractivity contribution is -0.138. The highest BCUT2D eigenvalue weighted by Crippen LogP contribution is 2.43. The lowest BCUT2D eigenvalue weighted by Gasteiger charge is -2.37. The molecule has 8 heteroatoms. The van der Waals surface area contributed by atoms with Crippen LogP contribution in [0.1, 0.15) is 31.7 Å². The molecule has 0 radical (unpaired) electrons. The molecule has 3 aliphatic rings. The summed E-state index contributed by atoms with van der Waals surface area (Å²) in [5.74, 6) is 0.934. The number of hydrogen-bond donors (Lipinski definition) is 1. The zero-order valence-corrected chi connectivity index (χ0v) is 16.4. The number of carboxylic acid groups (broad SMARTS) is 1. The minimum absolute atomic E-state index is 0.102. The van der Waals surface area contributed by atoms with Crippen molar-refractivity contribution in [3.05, 3.63) is 30.7 Å². The number of carbonyl (C=O) groups is 1. The van der Waals surface area contributed by atoms with Crippen molar-refractivity contribution in [1.82, 2.24) is 24.9 Å². The average molecular weight is 397 g/mol. The Balaban J connectivity index is 1.34. The molecule has 154 valence electrons. The van der Waals surface area contributed by atoms with Gasteiger partial charge in [0.15, 0.2) is 0 Å². The monoisotopic (exact) mass is 397 g/mol. The van der Waals surface area contributed by atoms with Gasteiger partial charge in [-0.25, -0.2) is 4.68 Å². The van der Waals surface area contributed by atoms with Gasteiger partial charge in [-0.2, -0.15) is 0 Å². The second kappa shape index (κ2) is 7.84. The van der Waals surface area contributed by atoms with Gasteiger partial charge in [-0.05, 0) is 55.6 Å². The SMILES string of the molecule is O=C(O)CN1C[C@H]2C[C@@H](n3cc(-c4cccnc4)nn3)[C@H](OCC3CC3)C[C@H]2C1. The first kappa shape index (κ1) is 18.7. The molecule has 3 heterocycles. The fraction of sp³-hybridized carbons (Fsp3) is 0.619. The van der Waals surface area contributed by atoms with Crippen molar-refractivity contribution in [3.63, 3.8) is 0 Å². The molecule has 0 bridgehead atoms. The molecule has 3 fully saturated rings. The lowest BCUT2D eigenvalue weighted by Crippen LogP contribution is -2.38. The molecule has 29 heavy (non-hydrogen) atoms. The molecule has 1 N–H and O–H groups in total. The van der Waals surface area contributed by atoms with E-state index in [9.17, 15) is 4.79 Å². The van der Waals surface area contributed by atoms with Crippen molar-refractivity contribution < 1.29 is 14.6 Å². The second-order valence-corrected chi connectivity index (χ2v) is 8.79. The number of hydrogen-bond acceptors (Lipinski definition) is 6. The van der Waals surface area contributed by atoms with E-state index in [0.29, 0.717) is 17.8 Å². The molecule has 2 saturated carbocycles. The van der Waals surface area contributed by atoms with Crippen LogP contribution in [0.4, 0.5) is 0 Å². The fourth-order valence-electron chi connectivity index (χ4n) is 4.89. The van der Waals surface area contributed by atoms with E-state index in [1.807, 2.05) is 23.0 Å². The van der Waals surface area contributed by atoms with Gasteiger partial charge in [-0.1, -0.05) is 5.21 Å². The molecule has 2 aromatic rings. The molecule has 0 aromatic carbocycles. The minimum atomic E-state index is -0.751. The van der Waals surface area contributed by atoms with Crippen LogP contribution in [-0.2, 0) is 9.53 Å². The van der Waals surface area contributed by atoms with Crippen LogP contribution in [-0.4, -0.2) is 68.3 Å². The van der Waals surface area contributed by atoms with Crippen molar-refractivity contribution in [2.75, 3.05) is 26.2 Å². The zero-order chi connectivity index (χ0) is 19.8. The van der Waals surface area contributed by atoms with Crippen LogP contribution in [0.2, 0.25) is 0 Å². The number of fused-ring (bicyclic) bond motifs is 1. The van der Waals surface area contributed by atoms with Gasteiger partial charge in [0.1, 0.15) is 5.69 Å². The van der Waals surface area contributed by atoms with Crippen molar-refractivity contribution in [2.45, 2.75) is 37.8 Å². The zero-order valence-electron chi connectivity index (χ0n) is 16.4. The largest absolute Gasteiger partial charge is 0.480 e. The number of rotatable bonds is 7. The van der Waals surface area contributed by atoms with Gasteiger partial charge < -0.3 is 9.84 Å². The van der Waals surface area contributed by atoms with Gasteiger partial charge in [0.05, 0.1) is 24.9 Å². The third-order valence-electron chi connectivity index (χ3n) is 6.57. The summed E-state index contributed by atoms with van der Waals surface area (Å²) in [4.78, 5) is 17.4. The highest BCUT2D eigenvalue weighted by Gasteiger charge is 2.44. The maximum atomic E-state index is 11.1. The predicted molar refractivity (Wildman–Crippen MR) is 105 cm³/mol. The Morgan fingerprint density at radius 3 is 2.79 bits per heavy atom. The average Bonchev–Trinajstić information content (AvgIpc) is 3.27. The number of ether oxygens (including phenoxy) is 1. The summed E-state index contributed by atoms with van der Waals surface area (Å²) in [6.45, 7) is 2.64. The summed E-state index contributed by atoms with van der Waals surface area (Å²) in [7, 11) is 0. The number of likely N-dealkylation sites (tertiary alicyclic amines) is 1. The van der Waals surface area contributed by atoms with Crippen LogP contribution in [0.15, 0.2) is 30.7 Å². The molecule has 1 saturated heterocycles. The Morgan fingerprint density at radius 1 is 1.24 bits per heavy atom. The van der Waals surface area contributed by atoms with Gasteiger partial charge >= 0.3 is 5.97 Å². The summed E-state index contributed by atoms with van der Waals surface area (Å²) in [6.07, 6.45) is 10.1. The molecule has 0 spiro atoms. The van der Waals surface area contributed by atoms with E-state index in [1.54, 1.807) is 12.4 Å². The summed E-state index contributed by atoms with van der Waals surface area (Å²) in [6, 6.07) is 4.02. The quantitative estimate of drug-likeness (QED) is 0.765. The van der Waals surface area contributed by atoms with Crippen molar-refractivity contribution in [2.24, 2.45) is 17.8 Å². The fourth-order valence-corrected chi connectivity index (χ4v) is 4.89. The smallest absolute Gasteiger partial charge is 0.317 e. The van der Waals surface area contributed by atoms with Crippen LogP contribution in [0.3, 0.4) is 0 Å². The van der Waals surface area contributed by atoms with Gasteiger partial charge in [0.25, 0.3) is 0 Å². The first-order chi connectivity index (χ1) is 14.2. The van der Waals surface area contributed by atoms with Gasteiger partial charge in [0.2, 0.25) is 0 Å². The standard InChI is InChI=1S/C21H27N5O3/c27-21(28)12-25-9-16-6-19(20(7-17(16)10-25)29-13-14-3-4-14)26-11-18(23-24-26)15-2-1-5-22-8-15/h1-2,5,8,11,14,16-17,19-20H,3-4,6-7,9-10,12-13H2,(H,27,28)/t16-,17+,19-,20-/m1/s1. The van der Waals surface area contributed by atoms with Crippen molar-refractivity contribution in [1.29, 1.82) is 0 Å². The summed E-state index contributed by atoms with van der Waals surface area (Å²) in [5, 5.41) is 18.0. The Hall–Kier alpha value is -2.32. The van der Waals surface area contributed by atoms with E-state index in [2.05, 4.69) is 20.2 Å². The first-order valence-electron chi connectivity index (χ1n) is 10.5. The number of aromatic nitrogens is 4. The highest BCUT2D eigenvalue weighted by atomic mass is 16.5. The molecular weight excluding hydrogens is 370 g/mol. The van der Waals surface area contributed by atoms with Crippen LogP contribution < -0.4 is 0 Å². The molecular formula is C21H27N5O3. The van der Waals surface area contributed by atoms with E-state index in [0.717, 1.165) is 43.8 Å². The van der Waals surface area contributed by atoms with E-state index in [1.165, 1.54) is 12.8 Å². The summed E-state index contributed by atoms with van der Waals surface area (Å²) in [5.41, 5.74) is 1.77. The maximum Gasteiger partial charge on any atom is 0.317 e. The van der Waals surface area contributed by atoms with Crippen LogP contribution in [0.25, 0.3) is 11.3 Å². The molecule has 8 nitrogen and oxygen atoms in total. The van der Waals surface area contributed by atoms with Crippen LogP contribution in [0, 0.1) is 17.8 Å².